The summed E-state index contributed by atoms with van der Waals surface area (Å²) in [5, 5.41) is 44.1. The number of phenolic OH excluding ortho intramolecular Hbond substituents is 1. The number of rotatable bonds is 23. The number of primary amides is 1. The first-order chi connectivity index (χ1) is 30.8. The van der Waals surface area contributed by atoms with Gasteiger partial charge in [0.25, 0.3) is 0 Å². The van der Waals surface area contributed by atoms with Crippen LogP contribution in [-0.2, 0) is 61.2 Å². The number of H-pyrrole nitrogens is 1. The number of aromatic hydroxyl groups is 1. The monoisotopic (exact) mass is 948 g/mol. The molecule has 65 heavy (non-hydrogen) atoms. The highest BCUT2D eigenvalue weighted by molar-refractivity contribution is 7.89. The number of likely N-dealkylation sites (tertiary alicyclic amines) is 1. The van der Waals surface area contributed by atoms with E-state index in [2.05, 4.69) is 59.5 Å². The second kappa shape index (κ2) is 23.5. The van der Waals surface area contributed by atoms with Crippen molar-refractivity contribution in [1.29, 1.82) is 0 Å². The standard InChI is InChI=1S/C38H52N12O13S2/c1-49(2)65(62,63)29-9-8-28(53)33-22(29)7-5-20(44-33)12-23(35(58)48-25(17-52)36(59)47-24(16-51)34(39)57)45-32(56)15-42-37(60)27-4-3-11-50(27)38(61)26(18-64)46-31(55)14-41-30(54)10-6-21-13-40-19-43-21/h5,7-9,13,19,23-27,51-53,64H,3-4,6,10-12,14-18H2,1-2H3,(H2,39,57)(H,40,43)(H,41,54)(H,42,60)(H,45,56)(H,46,55)(H,47,59)(H,48,58)/t23-,24-,25-,26-,27+/m0/s1. The molecule has 1 aliphatic heterocycles. The number of aromatic amines is 1. The van der Waals surface area contributed by atoms with E-state index in [4.69, 9.17) is 5.73 Å². The van der Waals surface area contributed by atoms with Gasteiger partial charge in [0.15, 0.2) is 0 Å². The number of aliphatic hydroxyl groups is 2. The Morgan fingerprint density at radius 2 is 1.54 bits per heavy atom. The lowest BCUT2D eigenvalue weighted by Crippen LogP contribution is -2.59. The third kappa shape index (κ3) is 13.8. The van der Waals surface area contributed by atoms with Gasteiger partial charge < -0.3 is 62.8 Å². The summed E-state index contributed by atoms with van der Waals surface area (Å²) in [6, 6.07) is -2.23. The number of thiol groups is 1. The van der Waals surface area contributed by atoms with Crippen molar-refractivity contribution in [2.24, 2.45) is 5.73 Å². The number of imidazole rings is 1. The van der Waals surface area contributed by atoms with Crippen LogP contribution in [0.5, 0.6) is 5.75 Å². The Bertz CT molecular complexity index is 2350. The summed E-state index contributed by atoms with van der Waals surface area (Å²) in [5.41, 5.74) is 5.74. The highest BCUT2D eigenvalue weighted by Gasteiger charge is 2.38. The zero-order valence-electron chi connectivity index (χ0n) is 35.3. The molecule has 0 spiro atoms. The van der Waals surface area contributed by atoms with Gasteiger partial charge in [0, 0.05) is 62.2 Å². The normalized spacial score (nSPS) is 15.6. The molecule has 0 saturated carbocycles. The lowest BCUT2D eigenvalue weighted by molar-refractivity contribution is -0.141. The average molecular weight is 949 g/mol. The van der Waals surface area contributed by atoms with Gasteiger partial charge in [-0.05, 0) is 43.5 Å². The van der Waals surface area contributed by atoms with Gasteiger partial charge in [-0.25, -0.2) is 22.7 Å². The van der Waals surface area contributed by atoms with Crippen LogP contribution in [0.15, 0.2) is 41.7 Å². The van der Waals surface area contributed by atoms with Gasteiger partial charge >= 0.3 is 0 Å². The summed E-state index contributed by atoms with van der Waals surface area (Å²) >= 11 is 4.19. The summed E-state index contributed by atoms with van der Waals surface area (Å²) < 4.78 is 26.9. The highest BCUT2D eigenvalue weighted by Crippen LogP contribution is 2.30. The number of aliphatic hydroxyl groups excluding tert-OH is 2. The van der Waals surface area contributed by atoms with E-state index in [-0.39, 0.29) is 46.6 Å². The molecule has 0 radical (unpaired) electrons. The zero-order chi connectivity index (χ0) is 48.0. The van der Waals surface area contributed by atoms with Crippen molar-refractivity contribution in [3.63, 3.8) is 0 Å². The highest BCUT2D eigenvalue weighted by atomic mass is 32.2. The second-order valence-electron chi connectivity index (χ2n) is 14.8. The molecule has 5 atom stereocenters. The molecule has 1 saturated heterocycles. The number of fused-ring (bicyclic) bond motifs is 1. The van der Waals surface area contributed by atoms with Gasteiger partial charge in [0.2, 0.25) is 57.3 Å². The number of aromatic nitrogens is 3. The Morgan fingerprint density at radius 3 is 2.15 bits per heavy atom. The van der Waals surface area contributed by atoms with E-state index < -0.39 is 126 Å². The fourth-order valence-corrected chi connectivity index (χ4v) is 7.84. The number of sulfonamides is 1. The van der Waals surface area contributed by atoms with Crippen molar-refractivity contribution < 1.29 is 62.1 Å². The third-order valence-corrected chi connectivity index (χ3v) is 12.3. The first kappa shape index (κ1) is 51.2. The smallest absolute Gasteiger partial charge is 0.246 e. The first-order valence-corrected chi connectivity index (χ1v) is 22.1. The SMILES string of the molecule is CN(C)S(=O)(=O)c1ccc(O)c2nc(C[C@H](NC(=O)CNC(=O)[C@H]3CCCN3C(=O)[C@H](CS)NC(=O)CNC(=O)CCc3cnc[nH]3)C(=O)N[C@@H](CO)C(=O)N[C@@H](CO)C(N)=O)ccc12. The van der Waals surface area contributed by atoms with E-state index in [9.17, 15) is 62.1 Å². The van der Waals surface area contributed by atoms with Crippen LogP contribution in [0.3, 0.4) is 0 Å². The van der Waals surface area contributed by atoms with Crippen molar-refractivity contribution in [2.45, 2.75) is 67.2 Å². The number of aryl methyl sites for hydroxylation is 1. The number of nitrogens with two attached hydrogens (primary N) is 1. The Balaban J connectivity index is 1.45. The molecule has 25 nitrogen and oxygen atoms in total. The van der Waals surface area contributed by atoms with Crippen LogP contribution < -0.4 is 37.6 Å². The minimum atomic E-state index is -4.01. The van der Waals surface area contributed by atoms with E-state index in [0.717, 1.165) is 16.1 Å². The van der Waals surface area contributed by atoms with Crippen LogP contribution in [0.2, 0.25) is 0 Å². The average Bonchev–Trinajstić information content (AvgIpc) is 4.00. The van der Waals surface area contributed by atoms with Crippen molar-refractivity contribution >= 4 is 80.8 Å². The molecule has 2 aromatic heterocycles. The van der Waals surface area contributed by atoms with E-state index in [1.165, 1.54) is 43.5 Å². The first-order valence-electron chi connectivity index (χ1n) is 20.0. The van der Waals surface area contributed by atoms with Gasteiger partial charge in [-0.2, -0.15) is 12.6 Å². The zero-order valence-corrected chi connectivity index (χ0v) is 37.0. The molecule has 1 aromatic carbocycles. The topological polar surface area (TPSA) is 378 Å². The fraction of sp³-hybridized carbons (Fsp3) is 0.474. The molecular formula is C38H52N12O13S2. The number of pyridine rings is 1. The summed E-state index contributed by atoms with van der Waals surface area (Å²) in [7, 11) is -1.39. The molecule has 354 valence electrons. The van der Waals surface area contributed by atoms with E-state index in [1.807, 2.05) is 0 Å². The molecule has 0 bridgehead atoms. The predicted molar refractivity (Wildman–Crippen MR) is 231 cm³/mol. The molecule has 27 heteroatoms. The number of hydrogen-bond donors (Lipinski definition) is 12. The van der Waals surface area contributed by atoms with Crippen LogP contribution >= 0.6 is 12.6 Å². The predicted octanol–water partition coefficient (Wildman–Crippen LogP) is -5.35. The third-order valence-electron chi connectivity index (χ3n) is 10.0. The molecule has 1 aliphatic rings. The Labute approximate surface area is 377 Å². The molecule has 12 N–H and O–H groups in total. The number of phenols is 1. The number of nitrogens with zero attached hydrogens (tertiary/aromatic N) is 4. The Kier molecular flexibility index (Phi) is 18.5. The quantitative estimate of drug-likeness (QED) is 0.0395. The summed E-state index contributed by atoms with van der Waals surface area (Å²) in [4.78, 5) is 115. The lowest BCUT2D eigenvalue weighted by atomic mass is 10.1. The maximum Gasteiger partial charge on any atom is 0.246 e. The maximum absolute atomic E-state index is 13.7. The van der Waals surface area contributed by atoms with E-state index in [1.54, 1.807) is 6.20 Å². The van der Waals surface area contributed by atoms with Crippen LogP contribution in [-0.4, -0.2) is 178 Å². The molecule has 1 fully saturated rings. The molecular weight excluding hydrogens is 897 g/mol. The number of carbonyl (C=O) groups excluding carboxylic acids is 8. The van der Waals surface area contributed by atoms with Gasteiger partial charge in [-0.15, -0.1) is 0 Å². The van der Waals surface area contributed by atoms with Crippen LogP contribution in [0, 0.1) is 0 Å². The molecule has 3 heterocycles. The Hall–Kier alpha value is -6.42. The van der Waals surface area contributed by atoms with Gasteiger partial charge in [0.1, 0.15) is 41.5 Å². The maximum atomic E-state index is 13.7. The Morgan fingerprint density at radius 1 is 0.892 bits per heavy atom. The number of nitrogens with one attached hydrogen (secondary N) is 7. The number of carbonyl (C=O) groups is 8. The minimum absolute atomic E-state index is 0.0226. The number of amides is 8. The second-order valence-corrected chi connectivity index (χ2v) is 17.3. The van der Waals surface area contributed by atoms with Crippen LogP contribution in [0.4, 0.5) is 0 Å². The minimum Gasteiger partial charge on any atom is -0.506 e. The van der Waals surface area contributed by atoms with Crippen molar-refractivity contribution in [3.8, 4) is 5.75 Å². The number of hydrogen-bond acceptors (Lipinski definition) is 16. The lowest BCUT2D eigenvalue weighted by Gasteiger charge is -2.28. The molecule has 0 aliphatic carbocycles. The van der Waals surface area contributed by atoms with E-state index in [0.29, 0.717) is 12.8 Å². The van der Waals surface area contributed by atoms with Crippen LogP contribution in [0.1, 0.15) is 30.7 Å². The molecule has 8 amide bonds. The molecule has 3 aromatic rings. The van der Waals surface area contributed by atoms with Gasteiger partial charge in [0.05, 0.1) is 37.5 Å². The summed E-state index contributed by atoms with van der Waals surface area (Å²) in [5.74, 6) is -7.32. The molecule has 4 rings (SSSR count). The van der Waals surface area contributed by atoms with Crippen molar-refractivity contribution in [1.82, 2.24) is 56.1 Å². The summed E-state index contributed by atoms with van der Waals surface area (Å²) in [6.07, 6.45) is 3.60. The largest absolute Gasteiger partial charge is 0.506 e. The summed E-state index contributed by atoms with van der Waals surface area (Å²) in [6.45, 7) is -2.96. The van der Waals surface area contributed by atoms with Crippen LogP contribution in [0.25, 0.3) is 10.9 Å². The molecule has 0 unspecified atom stereocenters. The van der Waals surface area contributed by atoms with E-state index >= 15 is 0 Å². The van der Waals surface area contributed by atoms with Gasteiger partial charge in [-0.1, -0.05) is 0 Å². The van der Waals surface area contributed by atoms with Crippen molar-refractivity contribution in [3.05, 3.63) is 48.2 Å². The van der Waals surface area contributed by atoms with Crippen molar-refractivity contribution in [2.75, 3.05) is 52.7 Å². The number of benzene rings is 1. The fourth-order valence-electron chi connectivity index (χ4n) is 6.52. The van der Waals surface area contributed by atoms with Gasteiger partial charge in [-0.3, -0.25) is 38.4 Å².